The van der Waals surface area contributed by atoms with Crippen LogP contribution in [0.5, 0.6) is 0 Å². The fraction of sp³-hybridized carbons (Fsp3) is 0.417. The van der Waals surface area contributed by atoms with Crippen molar-refractivity contribution in [1.29, 1.82) is 0 Å². The van der Waals surface area contributed by atoms with Crippen LogP contribution in [0.25, 0.3) is 11.0 Å². The second-order valence-electron chi connectivity index (χ2n) is 8.28. The summed E-state index contributed by atoms with van der Waals surface area (Å²) in [5.41, 5.74) is 5.61. The first-order valence-electron chi connectivity index (χ1n) is 10.3. The molecule has 28 heavy (non-hydrogen) atoms. The lowest BCUT2D eigenvalue weighted by atomic mass is 10.1. The van der Waals surface area contributed by atoms with Crippen LogP contribution in [0.15, 0.2) is 42.5 Å². The van der Waals surface area contributed by atoms with Crippen molar-refractivity contribution in [3.63, 3.8) is 0 Å². The first kappa shape index (κ1) is 18.7. The van der Waals surface area contributed by atoms with Gasteiger partial charge in [0.05, 0.1) is 11.0 Å². The minimum atomic E-state index is 0.129. The maximum Gasteiger partial charge on any atom is 0.227 e. The zero-order valence-electron chi connectivity index (χ0n) is 17.3. The number of carbonyl (C=O) groups is 1. The number of hydrogen-bond acceptors (Lipinski definition) is 2. The summed E-state index contributed by atoms with van der Waals surface area (Å²) < 4.78 is 2.35. The van der Waals surface area contributed by atoms with Crippen molar-refractivity contribution < 1.29 is 4.79 Å². The molecule has 3 aromatic rings. The molecule has 1 aliphatic rings. The van der Waals surface area contributed by atoms with E-state index in [-0.39, 0.29) is 11.8 Å². The lowest BCUT2D eigenvalue weighted by Gasteiger charge is -2.20. The summed E-state index contributed by atoms with van der Waals surface area (Å²) in [7, 11) is 0. The number of aryl methyl sites for hydroxylation is 2. The Balaban J connectivity index is 1.70. The molecule has 2 heterocycles. The molecule has 0 spiro atoms. The van der Waals surface area contributed by atoms with E-state index in [0.717, 1.165) is 35.6 Å². The lowest BCUT2D eigenvalue weighted by Crippen LogP contribution is -2.25. The molecule has 1 amide bonds. The minimum Gasteiger partial charge on any atom is -0.327 e. The maximum atomic E-state index is 12.9. The quantitative estimate of drug-likeness (QED) is 0.613. The number of para-hydroxylation sites is 2. The van der Waals surface area contributed by atoms with Gasteiger partial charge in [-0.2, -0.15) is 0 Å². The molecule has 2 unspecified atom stereocenters. The summed E-state index contributed by atoms with van der Waals surface area (Å²) in [4.78, 5) is 19.8. The van der Waals surface area contributed by atoms with E-state index >= 15 is 0 Å². The Kier molecular flexibility index (Phi) is 4.96. The van der Waals surface area contributed by atoms with Crippen molar-refractivity contribution in [2.24, 2.45) is 5.92 Å². The summed E-state index contributed by atoms with van der Waals surface area (Å²) in [5.74, 6) is 1.95. The number of carbonyl (C=O) groups excluding carboxylic acids is 1. The molecule has 2 atom stereocenters. The largest absolute Gasteiger partial charge is 0.327 e. The van der Waals surface area contributed by atoms with Gasteiger partial charge in [0, 0.05) is 31.1 Å². The average molecular weight is 376 g/mol. The van der Waals surface area contributed by atoms with Crippen LogP contribution in [-0.2, 0) is 11.3 Å². The zero-order chi connectivity index (χ0) is 19.8. The van der Waals surface area contributed by atoms with E-state index in [1.54, 1.807) is 0 Å². The Labute approximate surface area is 167 Å². The summed E-state index contributed by atoms with van der Waals surface area (Å²) in [5, 5.41) is 0. The average Bonchev–Trinajstić information content (AvgIpc) is 3.23. The van der Waals surface area contributed by atoms with Crippen LogP contribution < -0.4 is 4.90 Å². The van der Waals surface area contributed by atoms with Gasteiger partial charge in [0.25, 0.3) is 0 Å². The Morgan fingerprint density at radius 1 is 1.18 bits per heavy atom. The number of rotatable bonds is 5. The topological polar surface area (TPSA) is 38.1 Å². The zero-order valence-corrected chi connectivity index (χ0v) is 17.3. The van der Waals surface area contributed by atoms with Gasteiger partial charge in [0.15, 0.2) is 0 Å². The van der Waals surface area contributed by atoms with Gasteiger partial charge in [0.1, 0.15) is 5.82 Å². The monoisotopic (exact) mass is 375 g/mol. The Morgan fingerprint density at radius 3 is 2.71 bits per heavy atom. The van der Waals surface area contributed by atoms with Crippen molar-refractivity contribution in [3.8, 4) is 0 Å². The van der Waals surface area contributed by atoms with Gasteiger partial charge < -0.3 is 9.47 Å². The molecule has 1 aliphatic heterocycles. The van der Waals surface area contributed by atoms with Crippen LogP contribution in [0, 0.1) is 19.8 Å². The smallest absolute Gasteiger partial charge is 0.227 e. The fourth-order valence-electron chi connectivity index (χ4n) is 4.26. The summed E-state index contributed by atoms with van der Waals surface area (Å²) in [6.07, 6.45) is 1.65. The highest BCUT2D eigenvalue weighted by atomic mass is 16.2. The molecule has 4 heteroatoms. The number of hydrogen-bond donors (Lipinski definition) is 0. The minimum absolute atomic E-state index is 0.129. The molecular weight excluding hydrogens is 346 g/mol. The fourth-order valence-corrected chi connectivity index (χ4v) is 4.26. The number of fused-ring (bicyclic) bond motifs is 1. The predicted molar refractivity (Wildman–Crippen MR) is 115 cm³/mol. The van der Waals surface area contributed by atoms with Crippen LogP contribution in [0.2, 0.25) is 0 Å². The lowest BCUT2D eigenvalue weighted by molar-refractivity contribution is -0.117. The van der Waals surface area contributed by atoms with Crippen molar-refractivity contribution in [3.05, 3.63) is 59.4 Å². The number of imidazole rings is 1. The van der Waals surface area contributed by atoms with Crippen LogP contribution in [0.3, 0.4) is 0 Å². The number of aromatic nitrogens is 2. The van der Waals surface area contributed by atoms with E-state index in [9.17, 15) is 4.79 Å². The molecule has 1 aromatic heterocycles. The van der Waals surface area contributed by atoms with E-state index in [1.165, 1.54) is 11.1 Å². The normalized spacial score (nSPS) is 18.2. The third-order valence-corrected chi connectivity index (χ3v) is 6.01. The van der Waals surface area contributed by atoms with Gasteiger partial charge in [-0.05, 0) is 43.5 Å². The van der Waals surface area contributed by atoms with Crippen LogP contribution in [0.1, 0.15) is 49.6 Å². The van der Waals surface area contributed by atoms with Crippen LogP contribution in [-0.4, -0.2) is 22.0 Å². The van der Waals surface area contributed by atoms with Crippen LogP contribution >= 0.6 is 0 Å². The molecule has 0 aliphatic carbocycles. The van der Waals surface area contributed by atoms with Gasteiger partial charge in [-0.3, -0.25) is 4.79 Å². The highest BCUT2D eigenvalue weighted by Crippen LogP contribution is 2.35. The molecule has 4 nitrogen and oxygen atoms in total. The van der Waals surface area contributed by atoms with E-state index < -0.39 is 0 Å². The molecule has 146 valence electrons. The Bertz CT molecular complexity index is 1020. The molecule has 0 saturated carbocycles. The molecular formula is C24H29N3O. The molecule has 2 aromatic carbocycles. The molecule has 0 N–H and O–H groups in total. The van der Waals surface area contributed by atoms with E-state index in [2.05, 4.69) is 68.7 Å². The number of nitrogens with zero attached hydrogens (tertiary/aromatic N) is 3. The van der Waals surface area contributed by atoms with Gasteiger partial charge in [-0.15, -0.1) is 0 Å². The van der Waals surface area contributed by atoms with Gasteiger partial charge in [0.2, 0.25) is 5.91 Å². The summed E-state index contributed by atoms with van der Waals surface area (Å²) >= 11 is 0. The molecule has 4 rings (SSSR count). The summed E-state index contributed by atoms with van der Waals surface area (Å²) in [6.45, 7) is 10.3. The molecule has 1 fully saturated rings. The second-order valence-corrected chi connectivity index (χ2v) is 8.28. The maximum absolute atomic E-state index is 12.9. The number of benzene rings is 2. The number of amides is 1. The first-order valence-corrected chi connectivity index (χ1v) is 10.3. The highest BCUT2D eigenvalue weighted by molar-refractivity contribution is 5.97. The van der Waals surface area contributed by atoms with Crippen molar-refractivity contribution >= 4 is 22.6 Å². The standard InChI is InChI=1S/C24H29N3O/c1-5-16(2)14-27-22-9-7-6-8-20(22)25-24(27)19-13-23(28)26(15-19)21-11-10-17(3)12-18(21)4/h6-12,16,19H,5,13-15H2,1-4H3. The van der Waals surface area contributed by atoms with Gasteiger partial charge in [-0.1, -0.05) is 50.1 Å². The van der Waals surface area contributed by atoms with Crippen molar-refractivity contribution in [2.75, 3.05) is 11.4 Å². The predicted octanol–water partition coefficient (Wildman–Crippen LogP) is 5.22. The number of anilines is 1. The molecule has 0 bridgehead atoms. The van der Waals surface area contributed by atoms with Crippen molar-refractivity contribution in [1.82, 2.24) is 9.55 Å². The SMILES string of the molecule is CCC(C)Cn1c(C2CC(=O)N(c3ccc(C)cc3C)C2)nc2ccccc21. The second kappa shape index (κ2) is 7.42. The molecule has 1 saturated heterocycles. The van der Waals surface area contributed by atoms with Gasteiger partial charge in [-0.25, -0.2) is 4.98 Å². The molecule has 0 radical (unpaired) electrons. The summed E-state index contributed by atoms with van der Waals surface area (Å²) in [6, 6.07) is 14.6. The van der Waals surface area contributed by atoms with Crippen molar-refractivity contribution in [2.45, 2.75) is 53.0 Å². The van der Waals surface area contributed by atoms with E-state index in [0.29, 0.717) is 18.9 Å². The van der Waals surface area contributed by atoms with E-state index in [1.807, 2.05) is 11.0 Å². The third kappa shape index (κ3) is 3.32. The Hall–Kier alpha value is -2.62. The van der Waals surface area contributed by atoms with E-state index in [4.69, 9.17) is 4.98 Å². The van der Waals surface area contributed by atoms with Gasteiger partial charge >= 0.3 is 0 Å². The first-order chi connectivity index (χ1) is 13.5. The van der Waals surface area contributed by atoms with Crippen LogP contribution in [0.4, 0.5) is 5.69 Å². The Morgan fingerprint density at radius 2 is 1.96 bits per heavy atom. The third-order valence-electron chi connectivity index (χ3n) is 6.01. The highest BCUT2D eigenvalue weighted by Gasteiger charge is 2.35.